The van der Waals surface area contributed by atoms with Gasteiger partial charge >= 0.3 is 0 Å². The predicted molar refractivity (Wildman–Crippen MR) is 74.8 cm³/mol. The maximum atomic E-state index is 6.16. The molecule has 0 radical (unpaired) electrons. The van der Waals surface area contributed by atoms with Gasteiger partial charge in [0.1, 0.15) is 0 Å². The van der Waals surface area contributed by atoms with E-state index in [9.17, 15) is 0 Å². The molecular weight excluding hydrogens is 230 g/mol. The standard InChI is InChI=1S/C15H14ClN/c1-2-17-11-12-7-9-13(10-8-12)14-5-3-4-6-15(14)16/h2-10H,11H2,1H3. The van der Waals surface area contributed by atoms with Gasteiger partial charge in [0, 0.05) is 10.6 Å². The Morgan fingerprint density at radius 2 is 1.76 bits per heavy atom. The Morgan fingerprint density at radius 1 is 1.06 bits per heavy atom. The maximum absolute atomic E-state index is 6.16. The first-order chi connectivity index (χ1) is 8.31. The highest BCUT2D eigenvalue weighted by Crippen LogP contribution is 2.27. The van der Waals surface area contributed by atoms with Gasteiger partial charge in [-0.1, -0.05) is 54.1 Å². The zero-order valence-electron chi connectivity index (χ0n) is 9.73. The molecule has 0 atom stereocenters. The van der Waals surface area contributed by atoms with Crippen LogP contribution in [0, 0.1) is 0 Å². The molecule has 0 aromatic heterocycles. The molecule has 0 aliphatic heterocycles. The number of halogens is 1. The van der Waals surface area contributed by atoms with Crippen LogP contribution in [0.15, 0.2) is 53.5 Å². The highest BCUT2D eigenvalue weighted by molar-refractivity contribution is 6.33. The average molecular weight is 244 g/mol. The number of rotatable bonds is 3. The Labute approximate surface area is 107 Å². The molecule has 2 aromatic carbocycles. The SMILES string of the molecule is CC=NCc1ccc(-c2ccccc2Cl)cc1. The predicted octanol–water partition coefficient (Wildman–Crippen LogP) is 4.60. The lowest BCUT2D eigenvalue weighted by atomic mass is 10.0. The molecular formula is C15H14ClN. The van der Waals surface area contributed by atoms with Crippen molar-refractivity contribution in [3.8, 4) is 11.1 Å². The third kappa shape index (κ3) is 2.95. The highest BCUT2D eigenvalue weighted by Gasteiger charge is 2.01. The second-order valence-electron chi connectivity index (χ2n) is 3.78. The molecule has 0 saturated carbocycles. The molecule has 2 rings (SSSR count). The summed E-state index contributed by atoms with van der Waals surface area (Å²) in [7, 11) is 0. The van der Waals surface area contributed by atoms with Gasteiger partial charge in [-0.3, -0.25) is 4.99 Å². The van der Waals surface area contributed by atoms with Crippen molar-refractivity contribution >= 4 is 17.8 Å². The van der Waals surface area contributed by atoms with Gasteiger partial charge in [-0.25, -0.2) is 0 Å². The molecule has 0 N–H and O–H groups in total. The lowest BCUT2D eigenvalue weighted by molar-refractivity contribution is 1.08. The van der Waals surface area contributed by atoms with E-state index >= 15 is 0 Å². The average Bonchev–Trinajstić information content (AvgIpc) is 2.38. The molecule has 0 aliphatic carbocycles. The van der Waals surface area contributed by atoms with Gasteiger partial charge in [0.2, 0.25) is 0 Å². The van der Waals surface area contributed by atoms with Crippen molar-refractivity contribution < 1.29 is 0 Å². The molecule has 0 bridgehead atoms. The fourth-order valence-corrected chi connectivity index (χ4v) is 1.93. The Bertz CT molecular complexity index is 515. The normalized spacial score (nSPS) is 10.9. The zero-order chi connectivity index (χ0) is 12.1. The van der Waals surface area contributed by atoms with E-state index in [1.165, 1.54) is 5.56 Å². The van der Waals surface area contributed by atoms with Crippen LogP contribution in [-0.2, 0) is 6.54 Å². The van der Waals surface area contributed by atoms with Crippen LogP contribution in [0.5, 0.6) is 0 Å². The molecule has 1 nitrogen and oxygen atoms in total. The summed E-state index contributed by atoms with van der Waals surface area (Å²) in [6.45, 7) is 2.66. The van der Waals surface area contributed by atoms with E-state index in [-0.39, 0.29) is 0 Å². The lowest BCUT2D eigenvalue weighted by Crippen LogP contribution is -1.83. The van der Waals surface area contributed by atoms with Gasteiger partial charge in [-0.05, 0) is 30.3 Å². The fourth-order valence-electron chi connectivity index (χ4n) is 1.68. The fraction of sp³-hybridized carbons (Fsp3) is 0.133. The third-order valence-electron chi connectivity index (χ3n) is 2.60. The number of hydrogen-bond donors (Lipinski definition) is 0. The van der Waals surface area contributed by atoms with Gasteiger partial charge < -0.3 is 0 Å². The Kier molecular flexibility index (Phi) is 3.94. The Morgan fingerprint density at radius 3 is 2.41 bits per heavy atom. The number of hydrogen-bond acceptors (Lipinski definition) is 1. The van der Waals surface area contributed by atoms with Crippen LogP contribution in [0.4, 0.5) is 0 Å². The molecule has 0 heterocycles. The summed E-state index contributed by atoms with van der Waals surface area (Å²) < 4.78 is 0. The zero-order valence-corrected chi connectivity index (χ0v) is 10.5. The van der Waals surface area contributed by atoms with E-state index in [1.54, 1.807) is 0 Å². The van der Waals surface area contributed by atoms with Crippen LogP contribution in [0.1, 0.15) is 12.5 Å². The van der Waals surface area contributed by atoms with Crippen molar-refractivity contribution in [1.29, 1.82) is 0 Å². The van der Waals surface area contributed by atoms with Crippen molar-refractivity contribution in [2.24, 2.45) is 4.99 Å². The first-order valence-corrected chi connectivity index (χ1v) is 5.97. The second-order valence-corrected chi connectivity index (χ2v) is 4.18. The summed E-state index contributed by atoms with van der Waals surface area (Å²) in [4.78, 5) is 4.21. The summed E-state index contributed by atoms with van der Waals surface area (Å²) in [5.74, 6) is 0. The van der Waals surface area contributed by atoms with Crippen molar-refractivity contribution in [2.45, 2.75) is 13.5 Å². The number of benzene rings is 2. The highest BCUT2D eigenvalue weighted by atomic mass is 35.5. The second kappa shape index (κ2) is 5.65. The molecule has 0 unspecified atom stereocenters. The third-order valence-corrected chi connectivity index (χ3v) is 2.92. The van der Waals surface area contributed by atoms with Crippen LogP contribution >= 0.6 is 11.6 Å². The smallest absolute Gasteiger partial charge is 0.0635 e. The van der Waals surface area contributed by atoms with Crippen molar-refractivity contribution in [2.75, 3.05) is 0 Å². The maximum Gasteiger partial charge on any atom is 0.0635 e. The van der Waals surface area contributed by atoms with E-state index in [2.05, 4.69) is 29.3 Å². The number of nitrogens with zero attached hydrogens (tertiary/aromatic N) is 1. The minimum Gasteiger partial charge on any atom is -0.293 e. The molecule has 0 saturated heterocycles. The van der Waals surface area contributed by atoms with Gasteiger partial charge in [0.05, 0.1) is 6.54 Å². The summed E-state index contributed by atoms with van der Waals surface area (Å²) in [5.41, 5.74) is 3.42. The van der Waals surface area contributed by atoms with Crippen LogP contribution in [0.3, 0.4) is 0 Å². The van der Waals surface area contributed by atoms with Gasteiger partial charge in [-0.2, -0.15) is 0 Å². The van der Waals surface area contributed by atoms with E-state index in [1.807, 2.05) is 37.4 Å². The Balaban J connectivity index is 2.26. The molecule has 17 heavy (non-hydrogen) atoms. The minimum atomic E-state index is 0.735. The van der Waals surface area contributed by atoms with E-state index in [0.29, 0.717) is 0 Å². The molecule has 0 amide bonds. The van der Waals surface area contributed by atoms with Crippen LogP contribution in [0.25, 0.3) is 11.1 Å². The minimum absolute atomic E-state index is 0.735. The van der Waals surface area contributed by atoms with E-state index < -0.39 is 0 Å². The first-order valence-electron chi connectivity index (χ1n) is 5.59. The molecule has 0 aliphatic rings. The van der Waals surface area contributed by atoms with Gasteiger partial charge in [-0.15, -0.1) is 0 Å². The monoisotopic (exact) mass is 243 g/mol. The Hall–Kier alpha value is -1.60. The topological polar surface area (TPSA) is 12.4 Å². The number of aliphatic imine (C=N–C) groups is 1. The van der Waals surface area contributed by atoms with Gasteiger partial charge in [0.15, 0.2) is 0 Å². The molecule has 2 heteroatoms. The van der Waals surface area contributed by atoms with E-state index in [0.717, 1.165) is 22.7 Å². The van der Waals surface area contributed by atoms with Crippen LogP contribution < -0.4 is 0 Å². The molecule has 2 aromatic rings. The van der Waals surface area contributed by atoms with E-state index in [4.69, 9.17) is 11.6 Å². The lowest BCUT2D eigenvalue weighted by Gasteiger charge is -2.05. The van der Waals surface area contributed by atoms with Crippen LogP contribution in [-0.4, -0.2) is 6.21 Å². The molecule has 0 fully saturated rings. The summed E-state index contributed by atoms with van der Waals surface area (Å²) in [6, 6.07) is 16.2. The summed E-state index contributed by atoms with van der Waals surface area (Å²) in [6.07, 6.45) is 1.82. The van der Waals surface area contributed by atoms with Crippen molar-refractivity contribution in [3.63, 3.8) is 0 Å². The summed E-state index contributed by atoms with van der Waals surface area (Å²) >= 11 is 6.16. The van der Waals surface area contributed by atoms with Crippen molar-refractivity contribution in [3.05, 3.63) is 59.1 Å². The largest absolute Gasteiger partial charge is 0.293 e. The quantitative estimate of drug-likeness (QED) is 0.699. The van der Waals surface area contributed by atoms with Crippen LogP contribution in [0.2, 0.25) is 5.02 Å². The molecule has 86 valence electrons. The first kappa shape index (κ1) is 11.9. The molecule has 0 spiro atoms. The van der Waals surface area contributed by atoms with Gasteiger partial charge in [0.25, 0.3) is 0 Å². The summed E-state index contributed by atoms with van der Waals surface area (Å²) in [5, 5.41) is 0.784. The van der Waals surface area contributed by atoms with Crippen molar-refractivity contribution in [1.82, 2.24) is 0 Å².